The van der Waals surface area contributed by atoms with Gasteiger partial charge in [0.15, 0.2) is 0 Å². The summed E-state index contributed by atoms with van der Waals surface area (Å²) in [4.78, 5) is 18.5. The second-order valence-electron chi connectivity index (χ2n) is 10.7. The molecular formula is C28H33N5OSi. The van der Waals surface area contributed by atoms with Crippen molar-refractivity contribution in [3.63, 3.8) is 0 Å². The number of benzene rings is 1. The lowest BCUT2D eigenvalue weighted by atomic mass is 9.81. The van der Waals surface area contributed by atoms with E-state index in [-0.39, 0.29) is 5.41 Å². The van der Waals surface area contributed by atoms with Crippen LogP contribution in [0, 0.1) is 0 Å². The third-order valence-corrected chi connectivity index (χ3v) is 8.54. The predicted octanol–water partition coefficient (Wildman–Crippen LogP) is 5.54. The molecular weight excluding hydrogens is 450 g/mol. The Kier molecular flexibility index (Phi) is 6.38. The molecule has 3 aromatic heterocycles. The maximum atomic E-state index is 5.98. The van der Waals surface area contributed by atoms with Crippen molar-refractivity contribution in [2.24, 2.45) is 4.99 Å². The minimum atomic E-state index is -1.11. The molecule has 0 saturated heterocycles. The third kappa shape index (κ3) is 4.83. The zero-order valence-electron chi connectivity index (χ0n) is 21.0. The molecule has 0 aliphatic heterocycles. The Hall–Kier alpha value is -3.16. The van der Waals surface area contributed by atoms with Crippen molar-refractivity contribution in [3.05, 3.63) is 78.0 Å². The number of fused-ring (bicyclic) bond motifs is 2. The van der Waals surface area contributed by atoms with Crippen LogP contribution in [0.1, 0.15) is 16.8 Å². The molecule has 1 aliphatic carbocycles. The van der Waals surface area contributed by atoms with Crippen molar-refractivity contribution in [2.75, 3.05) is 13.7 Å². The fraction of sp³-hybridized carbons (Fsp3) is 0.357. The Morgan fingerprint density at radius 3 is 2.54 bits per heavy atom. The van der Waals surface area contributed by atoms with Crippen molar-refractivity contribution in [1.82, 2.24) is 19.5 Å². The minimum Gasteiger partial charge on any atom is -0.361 e. The first-order valence-corrected chi connectivity index (χ1v) is 15.9. The van der Waals surface area contributed by atoms with Gasteiger partial charge in [0, 0.05) is 51.3 Å². The van der Waals surface area contributed by atoms with E-state index in [0.717, 1.165) is 53.5 Å². The molecule has 0 N–H and O–H groups in total. The van der Waals surface area contributed by atoms with Gasteiger partial charge in [0.05, 0.1) is 16.8 Å². The van der Waals surface area contributed by atoms with Gasteiger partial charge in [-0.25, -0.2) is 9.97 Å². The Labute approximate surface area is 208 Å². The van der Waals surface area contributed by atoms with Crippen LogP contribution < -0.4 is 0 Å². The third-order valence-electron chi connectivity index (χ3n) is 6.83. The molecule has 0 radical (unpaired) electrons. The monoisotopic (exact) mass is 483 g/mol. The first-order chi connectivity index (χ1) is 16.9. The molecule has 7 heteroatoms. The van der Waals surface area contributed by atoms with Gasteiger partial charge < -0.3 is 9.30 Å². The van der Waals surface area contributed by atoms with Crippen molar-refractivity contribution >= 4 is 25.3 Å². The largest absolute Gasteiger partial charge is 0.361 e. The van der Waals surface area contributed by atoms with Crippen LogP contribution in [0.3, 0.4) is 0 Å². The van der Waals surface area contributed by atoms with Crippen LogP contribution in [0.15, 0.2) is 66.2 Å². The maximum Gasteiger partial charge on any atom is 0.145 e. The van der Waals surface area contributed by atoms with Crippen LogP contribution >= 0.6 is 0 Å². The van der Waals surface area contributed by atoms with Gasteiger partial charge in [0.1, 0.15) is 18.7 Å². The molecule has 1 aromatic carbocycles. The fourth-order valence-electron chi connectivity index (χ4n) is 4.96. The molecule has 0 unspecified atom stereocenters. The van der Waals surface area contributed by atoms with Gasteiger partial charge in [-0.1, -0.05) is 43.9 Å². The summed E-state index contributed by atoms with van der Waals surface area (Å²) in [6.45, 7) is 8.38. The van der Waals surface area contributed by atoms with Gasteiger partial charge in [-0.2, -0.15) is 0 Å². The summed E-state index contributed by atoms with van der Waals surface area (Å²) in [5.74, 6) is 0. The van der Waals surface area contributed by atoms with E-state index >= 15 is 0 Å². The number of aliphatic imine (C=N–C) groups is 1. The van der Waals surface area contributed by atoms with Gasteiger partial charge in [0.2, 0.25) is 0 Å². The second-order valence-corrected chi connectivity index (χ2v) is 16.3. The van der Waals surface area contributed by atoms with Gasteiger partial charge in [-0.05, 0) is 48.2 Å². The van der Waals surface area contributed by atoms with E-state index < -0.39 is 8.07 Å². The van der Waals surface area contributed by atoms with E-state index in [0.29, 0.717) is 6.73 Å². The number of nitrogens with zero attached hydrogens (tertiary/aromatic N) is 5. The van der Waals surface area contributed by atoms with E-state index in [2.05, 4.69) is 81.8 Å². The number of hydrogen-bond donors (Lipinski definition) is 0. The highest BCUT2D eigenvalue weighted by atomic mass is 28.3. The number of aromatic nitrogens is 4. The van der Waals surface area contributed by atoms with Crippen LogP contribution in [0.25, 0.3) is 22.3 Å². The van der Waals surface area contributed by atoms with E-state index in [1.54, 1.807) is 6.33 Å². The summed E-state index contributed by atoms with van der Waals surface area (Å²) in [6.07, 6.45) is 9.46. The molecule has 0 fully saturated rings. The molecule has 0 spiro atoms. The summed E-state index contributed by atoms with van der Waals surface area (Å²) in [6, 6.07) is 16.1. The Morgan fingerprint density at radius 1 is 1.06 bits per heavy atom. The lowest BCUT2D eigenvalue weighted by Crippen LogP contribution is -2.30. The summed E-state index contributed by atoms with van der Waals surface area (Å²) in [7, 11) is 0.733. The zero-order chi connectivity index (χ0) is 24.5. The molecule has 0 saturated carbocycles. The van der Waals surface area contributed by atoms with Crippen LogP contribution in [-0.4, -0.2) is 47.5 Å². The molecule has 0 bridgehead atoms. The molecule has 0 amide bonds. The molecule has 180 valence electrons. The van der Waals surface area contributed by atoms with Crippen LogP contribution in [-0.2, 0) is 29.7 Å². The quantitative estimate of drug-likeness (QED) is 0.187. The van der Waals surface area contributed by atoms with E-state index in [9.17, 15) is 0 Å². The van der Waals surface area contributed by atoms with Gasteiger partial charge in [-0.15, -0.1) is 0 Å². The lowest BCUT2D eigenvalue weighted by molar-refractivity contribution is 0.0899. The van der Waals surface area contributed by atoms with Gasteiger partial charge in [0.25, 0.3) is 0 Å². The number of pyridine rings is 1. The van der Waals surface area contributed by atoms with Crippen molar-refractivity contribution in [2.45, 2.75) is 50.7 Å². The summed E-state index contributed by atoms with van der Waals surface area (Å²) in [5.41, 5.74) is 6.37. The molecule has 35 heavy (non-hydrogen) atoms. The van der Waals surface area contributed by atoms with Gasteiger partial charge in [-0.3, -0.25) is 9.98 Å². The first kappa shape index (κ1) is 23.6. The highest BCUT2D eigenvalue weighted by Gasteiger charge is 2.38. The maximum absolute atomic E-state index is 5.98. The van der Waals surface area contributed by atoms with E-state index in [1.807, 2.05) is 25.5 Å². The molecule has 4 aromatic rings. The van der Waals surface area contributed by atoms with Crippen molar-refractivity contribution < 1.29 is 4.74 Å². The van der Waals surface area contributed by atoms with E-state index in [1.165, 1.54) is 11.1 Å². The van der Waals surface area contributed by atoms with Crippen LogP contribution in [0.2, 0.25) is 25.7 Å². The van der Waals surface area contributed by atoms with Gasteiger partial charge >= 0.3 is 0 Å². The fourth-order valence-corrected chi connectivity index (χ4v) is 5.72. The molecule has 0 atom stereocenters. The van der Waals surface area contributed by atoms with Crippen LogP contribution in [0.5, 0.6) is 0 Å². The number of rotatable bonds is 8. The summed E-state index contributed by atoms with van der Waals surface area (Å²) < 4.78 is 8.04. The predicted molar refractivity (Wildman–Crippen MR) is 145 cm³/mol. The van der Waals surface area contributed by atoms with Crippen molar-refractivity contribution in [1.29, 1.82) is 0 Å². The minimum absolute atomic E-state index is 0.239. The topological polar surface area (TPSA) is 65.2 Å². The second kappa shape index (κ2) is 9.47. The smallest absolute Gasteiger partial charge is 0.145 e. The van der Waals surface area contributed by atoms with E-state index in [4.69, 9.17) is 9.72 Å². The molecule has 5 rings (SSSR count). The summed E-state index contributed by atoms with van der Waals surface area (Å²) in [5, 5.41) is 1.02. The van der Waals surface area contributed by atoms with Crippen molar-refractivity contribution in [3.8, 4) is 11.3 Å². The SMILES string of the molecule is CN=CC1(c2cc(-c3ncnc4c3ccn4COCC[Si](C)(C)C)ccn2)Cc2ccccc2C1. The lowest BCUT2D eigenvalue weighted by Gasteiger charge is -2.24. The highest BCUT2D eigenvalue weighted by molar-refractivity contribution is 6.76. The Bertz CT molecular complexity index is 1350. The normalized spacial score (nSPS) is 15.2. The number of ether oxygens (including phenoxy) is 1. The standard InChI is InChI=1S/C28H33N5OSi/c1-29-18-28(16-22-7-5-6-8-23(22)17-28)25-15-21(9-11-30-25)26-24-10-12-33(27(24)32-19-31-26)20-34-13-14-35(2,3)4/h5-12,15,18-19H,13-14,16-17,20H2,1-4H3. The average molecular weight is 484 g/mol. The molecule has 1 aliphatic rings. The highest BCUT2D eigenvalue weighted by Crippen LogP contribution is 2.39. The number of hydrogen-bond acceptors (Lipinski definition) is 5. The molecule has 3 heterocycles. The first-order valence-electron chi connectivity index (χ1n) is 12.2. The summed E-state index contributed by atoms with van der Waals surface area (Å²) >= 11 is 0. The Balaban J connectivity index is 1.45. The zero-order valence-corrected chi connectivity index (χ0v) is 22.0. The Morgan fingerprint density at radius 2 is 1.83 bits per heavy atom. The van der Waals surface area contributed by atoms with Crippen LogP contribution in [0.4, 0.5) is 0 Å². The average Bonchev–Trinajstić information content (AvgIpc) is 3.43. The molecule has 6 nitrogen and oxygen atoms in total.